The van der Waals surface area contributed by atoms with Gasteiger partial charge in [-0.2, -0.15) is 4.98 Å². The van der Waals surface area contributed by atoms with Gasteiger partial charge in [-0.25, -0.2) is 0 Å². The van der Waals surface area contributed by atoms with Crippen molar-refractivity contribution in [2.45, 2.75) is 12.8 Å². The molecule has 0 saturated carbocycles. The molecule has 3 rings (SSSR count). The van der Waals surface area contributed by atoms with Crippen LogP contribution in [0.2, 0.25) is 0 Å². The third-order valence-corrected chi connectivity index (χ3v) is 3.66. The van der Waals surface area contributed by atoms with Crippen LogP contribution in [0.15, 0.2) is 59.1 Å². The van der Waals surface area contributed by atoms with Crippen LogP contribution in [0.25, 0.3) is 11.4 Å². The normalized spacial score (nSPS) is 10.4. The average molecular weight is 337 g/mol. The minimum atomic E-state index is -0.0289. The van der Waals surface area contributed by atoms with E-state index >= 15 is 0 Å². The molecule has 1 N–H and O–H groups in total. The number of carbonyl (C=O) groups is 1. The Kier molecular flexibility index (Phi) is 5.41. The van der Waals surface area contributed by atoms with Crippen molar-refractivity contribution >= 4 is 5.91 Å². The summed E-state index contributed by atoms with van der Waals surface area (Å²) >= 11 is 0. The molecule has 6 heteroatoms. The van der Waals surface area contributed by atoms with Gasteiger partial charge in [0.2, 0.25) is 17.6 Å². The molecule has 0 saturated heterocycles. The number of carbonyl (C=O) groups excluding carboxylic acids is 1. The largest absolute Gasteiger partial charge is 0.497 e. The second kappa shape index (κ2) is 8.10. The molecule has 0 spiro atoms. The van der Waals surface area contributed by atoms with Gasteiger partial charge in [-0.05, 0) is 17.7 Å². The molecule has 1 aromatic heterocycles. The van der Waals surface area contributed by atoms with Crippen molar-refractivity contribution in [3.05, 3.63) is 66.1 Å². The maximum atomic E-state index is 11.9. The summed E-state index contributed by atoms with van der Waals surface area (Å²) in [4.78, 5) is 16.3. The number of amides is 1. The molecule has 0 aliphatic heterocycles. The van der Waals surface area contributed by atoms with Gasteiger partial charge < -0.3 is 14.6 Å². The standard InChI is InChI=1S/C19H19N3O3/c1-24-16-9-5-8-15(13-16)19-21-18(25-22-19)10-11-20-17(23)12-14-6-3-2-4-7-14/h2-9,13H,10-12H2,1H3,(H,20,23). The molecule has 0 atom stereocenters. The molecular weight excluding hydrogens is 318 g/mol. The van der Waals surface area contributed by atoms with Gasteiger partial charge in [0.25, 0.3) is 0 Å². The van der Waals surface area contributed by atoms with E-state index in [1.807, 2.05) is 54.6 Å². The molecular formula is C19H19N3O3. The van der Waals surface area contributed by atoms with Crippen molar-refractivity contribution in [2.75, 3.05) is 13.7 Å². The minimum absolute atomic E-state index is 0.0289. The summed E-state index contributed by atoms with van der Waals surface area (Å²) in [5.41, 5.74) is 1.81. The van der Waals surface area contributed by atoms with Crippen molar-refractivity contribution in [1.29, 1.82) is 0 Å². The highest BCUT2D eigenvalue weighted by molar-refractivity contribution is 5.78. The molecule has 6 nitrogen and oxygen atoms in total. The first kappa shape index (κ1) is 16.7. The lowest BCUT2D eigenvalue weighted by atomic mass is 10.1. The Bertz CT molecular complexity index is 831. The molecule has 0 fully saturated rings. The van der Waals surface area contributed by atoms with E-state index in [1.54, 1.807) is 7.11 Å². The Morgan fingerprint density at radius 1 is 1.16 bits per heavy atom. The molecule has 3 aromatic rings. The van der Waals surface area contributed by atoms with Gasteiger partial charge in [0.1, 0.15) is 5.75 Å². The molecule has 128 valence electrons. The molecule has 0 aliphatic carbocycles. The zero-order valence-corrected chi connectivity index (χ0v) is 13.9. The number of hydrogen-bond donors (Lipinski definition) is 1. The number of methoxy groups -OCH3 is 1. The number of aromatic nitrogens is 2. The summed E-state index contributed by atoms with van der Waals surface area (Å²) in [5.74, 6) is 1.69. The SMILES string of the molecule is COc1cccc(-c2noc(CCNC(=O)Cc3ccccc3)n2)c1. The van der Waals surface area contributed by atoms with Gasteiger partial charge in [0.15, 0.2) is 0 Å². The van der Waals surface area contributed by atoms with Gasteiger partial charge >= 0.3 is 0 Å². The summed E-state index contributed by atoms with van der Waals surface area (Å²) in [7, 11) is 1.61. The van der Waals surface area contributed by atoms with E-state index in [-0.39, 0.29) is 5.91 Å². The van der Waals surface area contributed by atoms with Crippen LogP contribution in [0.4, 0.5) is 0 Å². The molecule has 0 unspecified atom stereocenters. The van der Waals surface area contributed by atoms with Crippen LogP contribution in [-0.2, 0) is 17.6 Å². The minimum Gasteiger partial charge on any atom is -0.497 e. The fourth-order valence-corrected chi connectivity index (χ4v) is 2.39. The average Bonchev–Trinajstić information content (AvgIpc) is 3.11. The molecule has 2 aromatic carbocycles. The Labute approximate surface area is 145 Å². The summed E-state index contributed by atoms with van der Waals surface area (Å²) in [5, 5.41) is 6.83. The van der Waals surface area contributed by atoms with Crippen LogP contribution >= 0.6 is 0 Å². The summed E-state index contributed by atoms with van der Waals surface area (Å²) in [6, 6.07) is 17.1. The molecule has 0 aliphatic rings. The van der Waals surface area contributed by atoms with Gasteiger partial charge in [-0.1, -0.05) is 47.6 Å². The van der Waals surface area contributed by atoms with Crippen LogP contribution in [-0.4, -0.2) is 29.7 Å². The third-order valence-electron chi connectivity index (χ3n) is 3.66. The Hall–Kier alpha value is -3.15. The second-order valence-corrected chi connectivity index (χ2v) is 5.51. The zero-order chi connectivity index (χ0) is 17.5. The number of rotatable bonds is 7. The monoisotopic (exact) mass is 337 g/mol. The lowest BCUT2D eigenvalue weighted by Crippen LogP contribution is -2.27. The Balaban J connectivity index is 1.51. The predicted molar refractivity (Wildman–Crippen MR) is 93.1 cm³/mol. The number of benzene rings is 2. The summed E-state index contributed by atoms with van der Waals surface area (Å²) in [6.07, 6.45) is 0.844. The highest BCUT2D eigenvalue weighted by atomic mass is 16.5. The quantitative estimate of drug-likeness (QED) is 0.717. The third kappa shape index (κ3) is 4.67. The lowest BCUT2D eigenvalue weighted by Gasteiger charge is -2.03. The van der Waals surface area contributed by atoms with Gasteiger partial charge in [-0.15, -0.1) is 0 Å². The number of nitrogens with one attached hydrogen (secondary N) is 1. The van der Waals surface area contributed by atoms with Crippen LogP contribution in [0.1, 0.15) is 11.5 Å². The van der Waals surface area contributed by atoms with Crippen LogP contribution in [0, 0.1) is 0 Å². The Morgan fingerprint density at radius 3 is 2.80 bits per heavy atom. The van der Waals surface area contributed by atoms with Crippen LogP contribution in [0.5, 0.6) is 5.75 Å². The first-order valence-electron chi connectivity index (χ1n) is 8.02. The van der Waals surface area contributed by atoms with Crippen LogP contribution < -0.4 is 10.1 Å². The van der Waals surface area contributed by atoms with E-state index in [0.29, 0.717) is 31.1 Å². The Morgan fingerprint density at radius 2 is 2.00 bits per heavy atom. The second-order valence-electron chi connectivity index (χ2n) is 5.51. The van der Waals surface area contributed by atoms with E-state index in [0.717, 1.165) is 16.9 Å². The smallest absolute Gasteiger partial charge is 0.228 e. The van der Waals surface area contributed by atoms with E-state index in [9.17, 15) is 4.79 Å². The maximum absolute atomic E-state index is 11.9. The van der Waals surface area contributed by atoms with Crippen molar-refractivity contribution in [3.8, 4) is 17.1 Å². The van der Waals surface area contributed by atoms with Gasteiger partial charge in [0, 0.05) is 18.5 Å². The van der Waals surface area contributed by atoms with E-state index < -0.39 is 0 Å². The number of hydrogen-bond acceptors (Lipinski definition) is 5. The lowest BCUT2D eigenvalue weighted by molar-refractivity contribution is -0.120. The fourth-order valence-electron chi connectivity index (χ4n) is 2.39. The summed E-state index contributed by atoms with van der Waals surface area (Å²) in [6.45, 7) is 0.450. The maximum Gasteiger partial charge on any atom is 0.228 e. The van der Waals surface area contributed by atoms with E-state index in [4.69, 9.17) is 9.26 Å². The van der Waals surface area contributed by atoms with Gasteiger partial charge in [-0.3, -0.25) is 4.79 Å². The van der Waals surface area contributed by atoms with Gasteiger partial charge in [0.05, 0.1) is 13.5 Å². The highest BCUT2D eigenvalue weighted by Gasteiger charge is 2.10. The number of ether oxygens (including phenoxy) is 1. The predicted octanol–water partition coefficient (Wildman–Crippen LogP) is 2.65. The fraction of sp³-hybridized carbons (Fsp3) is 0.211. The van der Waals surface area contributed by atoms with Crippen molar-refractivity contribution in [1.82, 2.24) is 15.5 Å². The molecule has 1 amide bonds. The van der Waals surface area contributed by atoms with Crippen LogP contribution in [0.3, 0.4) is 0 Å². The topological polar surface area (TPSA) is 77.3 Å². The van der Waals surface area contributed by atoms with Crippen molar-refractivity contribution < 1.29 is 14.1 Å². The molecule has 0 bridgehead atoms. The van der Waals surface area contributed by atoms with Crippen molar-refractivity contribution in [3.63, 3.8) is 0 Å². The summed E-state index contributed by atoms with van der Waals surface area (Å²) < 4.78 is 10.4. The molecule has 1 heterocycles. The molecule has 25 heavy (non-hydrogen) atoms. The van der Waals surface area contributed by atoms with E-state index in [1.165, 1.54) is 0 Å². The highest BCUT2D eigenvalue weighted by Crippen LogP contribution is 2.21. The number of nitrogens with zero attached hydrogens (tertiary/aromatic N) is 2. The zero-order valence-electron chi connectivity index (χ0n) is 13.9. The molecule has 0 radical (unpaired) electrons. The first-order chi connectivity index (χ1) is 12.2. The van der Waals surface area contributed by atoms with Crippen molar-refractivity contribution in [2.24, 2.45) is 0 Å². The van der Waals surface area contributed by atoms with E-state index in [2.05, 4.69) is 15.5 Å². The first-order valence-corrected chi connectivity index (χ1v) is 8.02.